The van der Waals surface area contributed by atoms with E-state index < -0.39 is 5.97 Å². The molecule has 0 aromatic carbocycles. The lowest BCUT2D eigenvalue weighted by molar-refractivity contribution is -0.277. The molecule has 0 heterocycles. The van der Waals surface area contributed by atoms with E-state index in [0.29, 0.717) is 6.42 Å². The van der Waals surface area contributed by atoms with Gasteiger partial charge in [-0.3, -0.25) is 0 Å². The Hall–Kier alpha value is -0.0900. The van der Waals surface area contributed by atoms with Gasteiger partial charge in [-0.15, -0.1) is 0 Å². The molecule has 0 aliphatic rings. The Morgan fingerprint density at radius 1 is 1.50 bits per heavy atom. The van der Waals surface area contributed by atoms with E-state index in [9.17, 15) is 0 Å². The lowest BCUT2D eigenvalue weighted by Gasteiger charge is -2.11. The Balaban J connectivity index is 3.93. The van der Waals surface area contributed by atoms with E-state index in [4.69, 9.17) is 26.9 Å². The normalized spacial score (nSPS) is 13.9. The second-order valence-corrected chi connectivity index (χ2v) is 2.38. The Morgan fingerprint density at radius 2 is 2.00 bits per heavy atom. The summed E-state index contributed by atoms with van der Waals surface area (Å²) in [7, 11) is 0. The number of unbranched alkanes of at least 4 members (excludes halogenated alkanes) is 1. The molecule has 0 fully saturated rings. The summed E-state index contributed by atoms with van der Waals surface area (Å²) >= 11 is 5.25. The number of allylic oxidation sites excluding steroid dienone is 1. The third-order valence-corrected chi connectivity index (χ3v) is 1.34. The van der Waals surface area contributed by atoms with Crippen molar-refractivity contribution >= 4 is 11.6 Å². The van der Waals surface area contributed by atoms with E-state index in [2.05, 4.69) is 0 Å². The Labute approximate surface area is 64.6 Å². The molecular formula is C6H11ClO3. The predicted octanol–water partition coefficient (Wildman–Crippen LogP) is 0.540. The van der Waals surface area contributed by atoms with E-state index in [1.165, 1.54) is 6.08 Å². The van der Waals surface area contributed by atoms with Crippen LogP contribution in [0.5, 0.6) is 0 Å². The topological polar surface area (TPSA) is 60.7 Å². The highest BCUT2D eigenvalue weighted by molar-refractivity contribution is 6.30. The molecule has 4 heteroatoms. The smallest absolute Gasteiger partial charge is 0.315 e. The van der Waals surface area contributed by atoms with Crippen LogP contribution >= 0.6 is 11.6 Å². The summed E-state index contributed by atoms with van der Waals surface area (Å²) in [6.07, 6.45) is 2.82. The van der Waals surface area contributed by atoms with Crippen LogP contribution in [0, 0.1) is 0 Å². The highest BCUT2D eigenvalue weighted by atomic mass is 35.5. The number of hydrogen-bond donors (Lipinski definition) is 3. The van der Waals surface area contributed by atoms with Crippen LogP contribution in [0.2, 0.25) is 0 Å². The first kappa shape index (κ1) is 9.91. The van der Waals surface area contributed by atoms with Gasteiger partial charge in [0, 0.05) is 0 Å². The molecule has 0 unspecified atom stereocenters. The van der Waals surface area contributed by atoms with Crippen LogP contribution < -0.4 is 0 Å². The van der Waals surface area contributed by atoms with Crippen molar-refractivity contribution in [1.82, 2.24) is 0 Å². The van der Waals surface area contributed by atoms with Crippen molar-refractivity contribution in [3.8, 4) is 0 Å². The molecule has 0 atom stereocenters. The maximum atomic E-state index is 8.42. The first-order valence-corrected chi connectivity index (χ1v) is 3.39. The molecule has 0 saturated carbocycles. The van der Waals surface area contributed by atoms with Crippen LogP contribution in [-0.4, -0.2) is 21.3 Å². The zero-order chi connectivity index (χ0) is 8.20. The van der Waals surface area contributed by atoms with E-state index in [1.54, 1.807) is 0 Å². The molecule has 0 aromatic rings. The van der Waals surface area contributed by atoms with Gasteiger partial charge in [-0.05, 0) is 6.42 Å². The zero-order valence-corrected chi connectivity index (χ0v) is 6.47. The monoisotopic (exact) mass is 166 g/mol. The van der Waals surface area contributed by atoms with Crippen molar-refractivity contribution in [2.45, 2.75) is 25.7 Å². The molecule has 0 aromatic heterocycles. The Bertz CT molecular complexity index is 125. The van der Waals surface area contributed by atoms with Gasteiger partial charge in [0.2, 0.25) is 0 Å². The molecule has 60 valence electrons. The number of halogens is 1. The first-order chi connectivity index (χ1) is 4.48. The summed E-state index contributed by atoms with van der Waals surface area (Å²) in [5.74, 6) is -2.86. The van der Waals surface area contributed by atoms with Crippen molar-refractivity contribution in [2.24, 2.45) is 0 Å². The Kier molecular flexibility index (Phi) is 3.89. The van der Waals surface area contributed by atoms with Crippen molar-refractivity contribution in [3.05, 3.63) is 11.1 Å². The first-order valence-electron chi connectivity index (χ1n) is 3.01. The molecule has 0 amide bonds. The maximum Gasteiger partial charge on any atom is 0.315 e. The van der Waals surface area contributed by atoms with Gasteiger partial charge in [0.15, 0.2) is 0 Å². The molecule has 3 nitrogen and oxygen atoms in total. The maximum absolute atomic E-state index is 8.42. The standard InChI is InChI=1S/C6H11ClO3/c1-2-3-4-5(7)6(8,9)10/h4,8-10H,2-3H2,1H3. The fraction of sp³-hybridized carbons (Fsp3) is 0.667. The fourth-order valence-electron chi connectivity index (χ4n) is 0.408. The highest BCUT2D eigenvalue weighted by Crippen LogP contribution is 2.15. The van der Waals surface area contributed by atoms with Crippen molar-refractivity contribution < 1.29 is 15.3 Å². The van der Waals surface area contributed by atoms with Gasteiger partial charge in [-0.25, -0.2) is 0 Å². The number of rotatable bonds is 3. The van der Waals surface area contributed by atoms with Crippen LogP contribution in [0.1, 0.15) is 19.8 Å². The van der Waals surface area contributed by atoms with E-state index in [0.717, 1.165) is 6.42 Å². The zero-order valence-electron chi connectivity index (χ0n) is 5.71. The van der Waals surface area contributed by atoms with E-state index >= 15 is 0 Å². The summed E-state index contributed by atoms with van der Waals surface area (Å²) in [5, 5.41) is 24.9. The van der Waals surface area contributed by atoms with Gasteiger partial charge in [-0.2, -0.15) is 0 Å². The molecular weight excluding hydrogens is 156 g/mol. The second-order valence-electron chi connectivity index (χ2n) is 1.98. The molecule has 0 spiro atoms. The van der Waals surface area contributed by atoms with Crippen LogP contribution in [0.3, 0.4) is 0 Å². The average molecular weight is 167 g/mol. The largest absolute Gasteiger partial charge is 0.339 e. The van der Waals surface area contributed by atoms with Gasteiger partial charge in [0.25, 0.3) is 0 Å². The van der Waals surface area contributed by atoms with Gasteiger partial charge < -0.3 is 15.3 Å². The number of hydrogen-bond acceptors (Lipinski definition) is 3. The van der Waals surface area contributed by atoms with Crippen molar-refractivity contribution in [3.63, 3.8) is 0 Å². The van der Waals surface area contributed by atoms with Crippen molar-refractivity contribution in [2.75, 3.05) is 0 Å². The fourth-order valence-corrected chi connectivity index (χ4v) is 0.517. The van der Waals surface area contributed by atoms with Gasteiger partial charge in [-0.1, -0.05) is 31.0 Å². The van der Waals surface area contributed by atoms with E-state index in [1.807, 2.05) is 6.92 Å². The van der Waals surface area contributed by atoms with Gasteiger partial charge in [0.05, 0.1) is 0 Å². The minimum atomic E-state index is -2.86. The predicted molar refractivity (Wildman–Crippen MR) is 38.2 cm³/mol. The Morgan fingerprint density at radius 3 is 2.30 bits per heavy atom. The molecule has 10 heavy (non-hydrogen) atoms. The molecule has 3 N–H and O–H groups in total. The summed E-state index contributed by atoms with van der Waals surface area (Å²) in [6.45, 7) is 1.91. The summed E-state index contributed by atoms with van der Waals surface area (Å²) in [4.78, 5) is 0. The molecule has 0 rings (SSSR count). The quantitative estimate of drug-likeness (QED) is 0.537. The average Bonchev–Trinajstić information content (AvgIpc) is 1.80. The minimum absolute atomic E-state index is 0.352. The summed E-state index contributed by atoms with van der Waals surface area (Å²) in [6, 6.07) is 0. The molecule has 0 aliphatic heterocycles. The molecule has 0 radical (unpaired) electrons. The molecule has 0 aliphatic carbocycles. The van der Waals surface area contributed by atoms with Crippen LogP contribution in [0.4, 0.5) is 0 Å². The molecule has 0 saturated heterocycles. The third kappa shape index (κ3) is 3.85. The minimum Gasteiger partial charge on any atom is -0.339 e. The molecule has 0 bridgehead atoms. The second kappa shape index (κ2) is 3.93. The van der Waals surface area contributed by atoms with Crippen LogP contribution in [0.25, 0.3) is 0 Å². The van der Waals surface area contributed by atoms with Crippen LogP contribution in [0.15, 0.2) is 11.1 Å². The van der Waals surface area contributed by atoms with Gasteiger partial charge >= 0.3 is 5.97 Å². The van der Waals surface area contributed by atoms with Crippen LogP contribution in [-0.2, 0) is 0 Å². The summed E-state index contributed by atoms with van der Waals surface area (Å²) in [5.41, 5.74) is 0. The SMILES string of the molecule is CCCC=C(Cl)C(O)(O)O. The lowest BCUT2D eigenvalue weighted by Crippen LogP contribution is -2.27. The number of aliphatic hydroxyl groups is 3. The van der Waals surface area contributed by atoms with Crippen molar-refractivity contribution in [1.29, 1.82) is 0 Å². The third-order valence-electron chi connectivity index (χ3n) is 0.933. The van der Waals surface area contributed by atoms with E-state index in [-0.39, 0.29) is 5.03 Å². The summed E-state index contributed by atoms with van der Waals surface area (Å²) < 4.78 is 0. The van der Waals surface area contributed by atoms with Gasteiger partial charge in [0.1, 0.15) is 5.03 Å². The highest BCUT2D eigenvalue weighted by Gasteiger charge is 2.22. The lowest BCUT2D eigenvalue weighted by atomic mass is 10.3.